The van der Waals surface area contributed by atoms with Gasteiger partial charge in [-0.2, -0.15) is 5.10 Å². The summed E-state index contributed by atoms with van der Waals surface area (Å²) in [4.78, 5) is 0.156. The van der Waals surface area contributed by atoms with E-state index in [9.17, 15) is 12.8 Å². The topological polar surface area (TPSA) is 68.9 Å². The van der Waals surface area contributed by atoms with Crippen molar-refractivity contribution < 1.29 is 12.8 Å². The maximum absolute atomic E-state index is 14.2. The number of rotatable bonds is 5. The Bertz CT molecular complexity index is 1630. The van der Waals surface area contributed by atoms with E-state index in [0.717, 1.165) is 54.5 Å². The van der Waals surface area contributed by atoms with Crippen LogP contribution in [-0.2, 0) is 16.6 Å². The number of piperidine rings is 1. The molecule has 0 spiro atoms. The highest BCUT2D eigenvalue weighted by Crippen LogP contribution is 2.35. The standard InChI is InChI=1S/C27H25FN4O2S/c28-22-8-9-24-25(18-32(27(24)15-22)35(33,34)23-4-2-1-3-5-23)20-6-7-21-16-30-31(26(21)14-20)17-19-10-12-29-13-11-19/h1-9,14-16,18-19,29H,10-13,17H2. The van der Waals surface area contributed by atoms with Gasteiger partial charge >= 0.3 is 0 Å². The predicted molar refractivity (Wildman–Crippen MR) is 135 cm³/mol. The van der Waals surface area contributed by atoms with Gasteiger partial charge in [-0.1, -0.05) is 30.3 Å². The van der Waals surface area contributed by atoms with E-state index in [0.29, 0.717) is 16.8 Å². The number of aromatic nitrogens is 3. The van der Waals surface area contributed by atoms with Crippen molar-refractivity contribution in [3.05, 3.63) is 84.9 Å². The Morgan fingerprint density at radius 1 is 0.971 bits per heavy atom. The van der Waals surface area contributed by atoms with E-state index in [1.54, 1.807) is 42.6 Å². The van der Waals surface area contributed by atoms with Crippen LogP contribution in [-0.4, -0.2) is 35.3 Å². The number of halogens is 1. The molecule has 1 aliphatic heterocycles. The fraction of sp³-hybridized carbons (Fsp3) is 0.222. The number of hydrogen-bond acceptors (Lipinski definition) is 4. The Morgan fingerprint density at radius 3 is 2.57 bits per heavy atom. The highest BCUT2D eigenvalue weighted by molar-refractivity contribution is 7.90. The molecule has 6 rings (SSSR count). The molecule has 1 fully saturated rings. The molecule has 0 radical (unpaired) electrons. The molecule has 2 aromatic heterocycles. The summed E-state index contributed by atoms with van der Waals surface area (Å²) in [6.07, 6.45) is 5.72. The zero-order valence-electron chi connectivity index (χ0n) is 19.1. The van der Waals surface area contributed by atoms with Gasteiger partial charge in [-0.3, -0.25) is 4.68 Å². The number of nitrogens with zero attached hydrogens (tertiary/aromatic N) is 3. The van der Waals surface area contributed by atoms with Crippen LogP contribution < -0.4 is 5.32 Å². The lowest BCUT2D eigenvalue weighted by Gasteiger charge is -2.22. The van der Waals surface area contributed by atoms with Crippen molar-refractivity contribution >= 4 is 31.8 Å². The van der Waals surface area contributed by atoms with Crippen LogP contribution in [0.15, 0.2) is 84.0 Å². The summed E-state index contributed by atoms with van der Waals surface area (Å²) >= 11 is 0. The summed E-state index contributed by atoms with van der Waals surface area (Å²) in [5.74, 6) is 0.0890. The van der Waals surface area contributed by atoms with Crippen LogP contribution >= 0.6 is 0 Å². The van der Waals surface area contributed by atoms with Crippen molar-refractivity contribution in [1.29, 1.82) is 0 Å². The van der Waals surface area contributed by atoms with Gasteiger partial charge in [0, 0.05) is 29.1 Å². The third-order valence-electron chi connectivity index (χ3n) is 6.88. The highest BCUT2D eigenvalue weighted by Gasteiger charge is 2.23. The number of hydrogen-bond donors (Lipinski definition) is 1. The molecule has 178 valence electrons. The van der Waals surface area contributed by atoms with Crippen molar-refractivity contribution in [2.24, 2.45) is 5.92 Å². The Balaban J connectivity index is 1.49. The maximum atomic E-state index is 14.2. The van der Waals surface area contributed by atoms with Crippen molar-refractivity contribution in [2.45, 2.75) is 24.3 Å². The minimum absolute atomic E-state index is 0.156. The van der Waals surface area contributed by atoms with Gasteiger partial charge in [-0.15, -0.1) is 0 Å². The lowest BCUT2D eigenvalue weighted by molar-refractivity contribution is 0.325. The van der Waals surface area contributed by atoms with Gasteiger partial charge in [0.05, 0.1) is 22.1 Å². The average Bonchev–Trinajstić information content (AvgIpc) is 3.46. The summed E-state index contributed by atoms with van der Waals surface area (Å²) < 4.78 is 44.4. The zero-order chi connectivity index (χ0) is 24.0. The number of fused-ring (bicyclic) bond motifs is 2. The van der Waals surface area contributed by atoms with Gasteiger partial charge in [0.15, 0.2) is 0 Å². The van der Waals surface area contributed by atoms with Crippen molar-refractivity contribution in [2.75, 3.05) is 13.1 Å². The molecule has 0 saturated carbocycles. The molecule has 6 nitrogen and oxygen atoms in total. The molecule has 8 heteroatoms. The normalized spacial score (nSPS) is 15.2. The van der Waals surface area contributed by atoms with Crippen LogP contribution in [0.25, 0.3) is 32.9 Å². The lowest BCUT2D eigenvalue weighted by Crippen LogP contribution is -2.30. The Morgan fingerprint density at radius 2 is 1.77 bits per heavy atom. The highest BCUT2D eigenvalue weighted by atomic mass is 32.2. The molecule has 0 aliphatic carbocycles. The largest absolute Gasteiger partial charge is 0.317 e. The van der Waals surface area contributed by atoms with E-state index in [1.807, 2.05) is 23.0 Å². The molecule has 3 heterocycles. The molecule has 0 amide bonds. The maximum Gasteiger partial charge on any atom is 0.268 e. The first-order valence-electron chi connectivity index (χ1n) is 11.8. The summed E-state index contributed by atoms with van der Waals surface area (Å²) in [5, 5.41) is 9.74. The molecule has 0 bridgehead atoms. The van der Waals surface area contributed by atoms with E-state index >= 15 is 0 Å². The molecule has 5 aromatic rings. The molecule has 0 unspecified atom stereocenters. The molecular formula is C27H25FN4O2S. The first kappa shape index (κ1) is 22.0. The van der Waals surface area contributed by atoms with Crippen LogP contribution in [0.2, 0.25) is 0 Å². The lowest BCUT2D eigenvalue weighted by atomic mass is 9.98. The Kier molecular flexibility index (Phi) is 5.42. The first-order chi connectivity index (χ1) is 17.0. The van der Waals surface area contributed by atoms with E-state index in [1.165, 1.54) is 16.1 Å². The van der Waals surface area contributed by atoms with Crippen molar-refractivity contribution in [3.8, 4) is 11.1 Å². The monoisotopic (exact) mass is 488 g/mol. The molecular weight excluding hydrogens is 463 g/mol. The van der Waals surface area contributed by atoms with Crippen LogP contribution in [0, 0.1) is 11.7 Å². The summed E-state index contributed by atoms with van der Waals surface area (Å²) in [7, 11) is -3.90. The van der Waals surface area contributed by atoms with E-state index in [4.69, 9.17) is 0 Å². The number of nitrogens with one attached hydrogen (secondary N) is 1. The van der Waals surface area contributed by atoms with Crippen LogP contribution in [0.3, 0.4) is 0 Å². The second kappa shape index (κ2) is 8.62. The zero-order valence-corrected chi connectivity index (χ0v) is 19.9. The van der Waals surface area contributed by atoms with Gasteiger partial charge in [0.1, 0.15) is 5.82 Å². The molecule has 1 saturated heterocycles. The first-order valence-corrected chi connectivity index (χ1v) is 13.2. The minimum Gasteiger partial charge on any atom is -0.317 e. The fourth-order valence-corrected chi connectivity index (χ4v) is 6.38. The van der Waals surface area contributed by atoms with Gasteiger partial charge in [0.25, 0.3) is 10.0 Å². The molecule has 1 aliphatic rings. The van der Waals surface area contributed by atoms with Gasteiger partial charge in [0.2, 0.25) is 0 Å². The quantitative estimate of drug-likeness (QED) is 0.377. The number of benzene rings is 3. The summed E-state index contributed by atoms with van der Waals surface area (Å²) in [5.41, 5.74) is 2.92. The van der Waals surface area contributed by atoms with Crippen LogP contribution in [0.5, 0.6) is 0 Å². The second-order valence-electron chi connectivity index (χ2n) is 9.11. The van der Waals surface area contributed by atoms with Gasteiger partial charge < -0.3 is 5.32 Å². The van der Waals surface area contributed by atoms with E-state index in [-0.39, 0.29) is 4.90 Å². The second-order valence-corrected chi connectivity index (χ2v) is 10.9. The van der Waals surface area contributed by atoms with Gasteiger partial charge in [-0.05, 0) is 73.8 Å². The Labute approximate surface area is 203 Å². The minimum atomic E-state index is -3.90. The Hall–Kier alpha value is -3.49. The van der Waals surface area contributed by atoms with E-state index < -0.39 is 15.8 Å². The summed E-state index contributed by atoms with van der Waals surface area (Å²) in [6.45, 7) is 2.91. The third-order valence-corrected chi connectivity index (χ3v) is 8.57. The molecule has 3 aromatic carbocycles. The SMILES string of the molecule is O=S(=O)(c1ccccc1)n1cc(-c2ccc3cnn(CC4CCNCC4)c3c2)c2ccc(F)cc21. The fourth-order valence-electron chi connectivity index (χ4n) is 5.00. The smallest absolute Gasteiger partial charge is 0.268 e. The van der Waals surface area contributed by atoms with Crippen molar-refractivity contribution in [3.63, 3.8) is 0 Å². The van der Waals surface area contributed by atoms with Crippen LogP contribution in [0.1, 0.15) is 12.8 Å². The predicted octanol–water partition coefficient (Wildman–Crippen LogP) is 5.03. The molecule has 35 heavy (non-hydrogen) atoms. The van der Waals surface area contributed by atoms with E-state index in [2.05, 4.69) is 16.5 Å². The summed E-state index contributed by atoms with van der Waals surface area (Å²) in [6, 6.07) is 18.5. The molecule has 0 atom stereocenters. The van der Waals surface area contributed by atoms with Crippen molar-refractivity contribution in [1.82, 2.24) is 19.1 Å². The average molecular weight is 489 g/mol. The van der Waals surface area contributed by atoms with Gasteiger partial charge in [-0.25, -0.2) is 16.8 Å². The third kappa shape index (κ3) is 3.92. The van der Waals surface area contributed by atoms with Crippen LogP contribution in [0.4, 0.5) is 4.39 Å². The molecule has 1 N–H and O–H groups in total.